The van der Waals surface area contributed by atoms with E-state index in [9.17, 15) is 4.79 Å². The molecule has 29 heavy (non-hydrogen) atoms. The molecular weight excluding hydrogens is 386 g/mol. The van der Waals surface area contributed by atoms with E-state index in [1.165, 1.54) is 22.3 Å². The van der Waals surface area contributed by atoms with E-state index in [1.54, 1.807) is 18.3 Å². The number of carbonyl (C=O) groups excluding carboxylic acids is 1. The number of alkyl carbamates (subject to hydrolysis) is 1. The van der Waals surface area contributed by atoms with E-state index in [2.05, 4.69) is 34.6 Å². The first-order valence-electron chi connectivity index (χ1n) is 9.30. The number of nitrogens with two attached hydrogens (primary N) is 1. The number of hydrogen-bond acceptors (Lipinski definition) is 4. The average molecular weight is 406 g/mol. The van der Waals surface area contributed by atoms with Crippen LogP contribution in [-0.4, -0.2) is 24.2 Å². The minimum absolute atomic E-state index is 0.0480. The molecule has 6 heteroatoms. The molecule has 0 unspecified atom stereocenters. The number of halogens is 1. The smallest absolute Gasteiger partial charge is 0.407 e. The summed E-state index contributed by atoms with van der Waals surface area (Å²) in [5.41, 5.74) is 11.7. The number of pyridine rings is 1. The highest BCUT2D eigenvalue weighted by atomic mass is 35.5. The van der Waals surface area contributed by atoms with Crippen molar-refractivity contribution in [3.05, 3.63) is 88.7 Å². The number of fused-ring (bicyclic) bond motifs is 3. The molecule has 0 aliphatic heterocycles. The number of nitrogen functional groups attached to an aromatic ring is 1. The number of ether oxygens (including phenoxy) is 1. The van der Waals surface area contributed by atoms with Crippen LogP contribution in [0.25, 0.3) is 17.2 Å². The Hall–Kier alpha value is -3.31. The van der Waals surface area contributed by atoms with Gasteiger partial charge in [0, 0.05) is 18.7 Å². The summed E-state index contributed by atoms with van der Waals surface area (Å²) in [6.07, 6.45) is 4.77. The molecule has 1 heterocycles. The van der Waals surface area contributed by atoms with E-state index in [-0.39, 0.29) is 11.1 Å². The van der Waals surface area contributed by atoms with E-state index >= 15 is 0 Å². The summed E-state index contributed by atoms with van der Waals surface area (Å²) in [4.78, 5) is 16.1. The Labute approximate surface area is 174 Å². The topological polar surface area (TPSA) is 77.2 Å². The summed E-state index contributed by atoms with van der Waals surface area (Å²) in [5.74, 6) is 0.0480. The minimum Gasteiger partial charge on any atom is -0.449 e. The third kappa shape index (κ3) is 4.10. The Bertz CT molecular complexity index is 1040. The lowest BCUT2D eigenvalue weighted by molar-refractivity contribution is 0.144. The number of nitrogens with zero attached hydrogens (tertiary/aromatic N) is 1. The van der Waals surface area contributed by atoms with Crippen molar-refractivity contribution in [1.82, 2.24) is 10.3 Å². The van der Waals surface area contributed by atoms with Gasteiger partial charge in [-0.2, -0.15) is 0 Å². The van der Waals surface area contributed by atoms with Gasteiger partial charge in [0.15, 0.2) is 5.15 Å². The zero-order valence-electron chi connectivity index (χ0n) is 15.6. The molecule has 1 aromatic heterocycles. The van der Waals surface area contributed by atoms with Gasteiger partial charge in [0.1, 0.15) is 6.61 Å². The van der Waals surface area contributed by atoms with Crippen molar-refractivity contribution in [2.24, 2.45) is 0 Å². The van der Waals surface area contributed by atoms with Gasteiger partial charge in [-0.3, -0.25) is 0 Å². The van der Waals surface area contributed by atoms with E-state index in [0.29, 0.717) is 18.8 Å². The van der Waals surface area contributed by atoms with Gasteiger partial charge >= 0.3 is 6.09 Å². The number of aromatic nitrogens is 1. The summed E-state index contributed by atoms with van der Waals surface area (Å²) in [7, 11) is 0. The lowest BCUT2D eigenvalue weighted by Gasteiger charge is -2.14. The zero-order chi connectivity index (χ0) is 20.2. The Morgan fingerprint density at radius 1 is 1.14 bits per heavy atom. The molecule has 0 spiro atoms. The molecule has 3 N–H and O–H groups in total. The summed E-state index contributed by atoms with van der Waals surface area (Å²) >= 11 is 5.80. The fourth-order valence-corrected chi connectivity index (χ4v) is 3.66. The molecule has 1 aliphatic carbocycles. The van der Waals surface area contributed by atoms with Gasteiger partial charge in [-0.05, 0) is 33.9 Å². The highest BCUT2D eigenvalue weighted by Crippen LogP contribution is 2.44. The Balaban J connectivity index is 1.33. The number of nitrogens with one attached hydrogen (secondary N) is 1. The lowest BCUT2D eigenvalue weighted by atomic mass is 9.98. The number of anilines is 1. The third-order valence-corrected chi connectivity index (χ3v) is 5.22. The predicted octanol–water partition coefficient (Wildman–Crippen LogP) is 4.87. The van der Waals surface area contributed by atoms with Gasteiger partial charge in [0.2, 0.25) is 0 Å². The maximum atomic E-state index is 12.1. The van der Waals surface area contributed by atoms with E-state index in [1.807, 2.05) is 30.3 Å². The number of benzene rings is 2. The van der Waals surface area contributed by atoms with Gasteiger partial charge in [0.25, 0.3) is 0 Å². The highest BCUT2D eigenvalue weighted by Gasteiger charge is 2.28. The molecule has 0 fully saturated rings. The second-order valence-corrected chi connectivity index (χ2v) is 7.12. The van der Waals surface area contributed by atoms with Crippen LogP contribution >= 0.6 is 11.6 Å². The highest BCUT2D eigenvalue weighted by molar-refractivity contribution is 6.31. The van der Waals surface area contributed by atoms with Gasteiger partial charge in [-0.1, -0.05) is 72.3 Å². The number of amides is 1. The molecule has 5 nitrogen and oxygen atoms in total. The van der Waals surface area contributed by atoms with Crippen LogP contribution in [0.3, 0.4) is 0 Å². The number of hydrogen-bond donors (Lipinski definition) is 2. The molecule has 2 aromatic carbocycles. The molecule has 146 valence electrons. The maximum Gasteiger partial charge on any atom is 0.407 e. The first-order chi connectivity index (χ1) is 14.1. The first-order valence-corrected chi connectivity index (χ1v) is 9.67. The summed E-state index contributed by atoms with van der Waals surface area (Å²) in [6, 6.07) is 18.2. The Morgan fingerprint density at radius 3 is 2.45 bits per heavy atom. The van der Waals surface area contributed by atoms with Crippen molar-refractivity contribution in [2.75, 3.05) is 18.9 Å². The molecule has 0 radical (unpaired) electrons. The van der Waals surface area contributed by atoms with Crippen LogP contribution in [0.2, 0.25) is 5.15 Å². The van der Waals surface area contributed by atoms with Crippen molar-refractivity contribution in [2.45, 2.75) is 5.92 Å². The monoisotopic (exact) mass is 405 g/mol. The Morgan fingerprint density at radius 2 is 1.79 bits per heavy atom. The maximum absolute atomic E-state index is 12.1. The summed E-state index contributed by atoms with van der Waals surface area (Å²) < 4.78 is 5.49. The molecule has 0 saturated carbocycles. The zero-order valence-corrected chi connectivity index (χ0v) is 16.4. The van der Waals surface area contributed by atoms with Crippen LogP contribution < -0.4 is 11.1 Å². The number of rotatable bonds is 5. The van der Waals surface area contributed by atoms with Gasteiger partial charge < -0.3 is 15.8 Å². The molecule has 0 saturated heterocycles. The largest absolute Gasteiger partial charge is 0.449 e. The van der Waals surface area contributed by atoms with Crippen LogP contribution in [0.15, 0.2) is 66.9 Å². The Kier molecular flexibility index (Phi) is 5.49. The van der Waals surface area contributed by atoms with Crippen molar-refractivity contribution in [1.29, 1.82) is 0 Å². The average Bonchev–Trinajstić information content (AvgIpc) is 3.06. The minimum atomic E-state index is -0.453. The van der Waals surface area contributed by atoms with Gasteiger partial charge in [-0.15, -0.1) is 0 Å². The van der Waals surface area contributed by atoms with Crippen LogP contribution in [0, 0.1) is 0 Å². The lowest BCUT2D eigenvalue weighted by Crippen LogP contribution is -2.26. The molecule has 1 amide bonds. The van der Waals surface area contributed by atoms with Crippen LogP contribution in [0.5, 0.6) is 0 Å². The second-order valence-electron chi connectivity index (χ2n) is 6.76. The molecular formula is C23H20ClN3O2. The van der Waals surface area contributed by atoms with Crippen molar-refractivity contribution < 1.29 is 9.53 Å². The quantitative estimate of drug-likeness (QED) is 0.593. The first kappa shape index (κ1) is 19.0. The summed E-state index contributed by atoms with van der Waals surface area (Å²) in [5, 5.41) is 3.00. The van der Waals surface area contributed by atoms with Gasteiger partial charge in [-0.25, -0.2) is 9.78 Å². The number of carbonyl (C=O) groups is 1. The molecule has 1 aliphatic rings. The SMILES string of the molecule is Nc1cc(C=CCNC(=O)OCC2c3ccccc3-c3ccccc32)cnc1Cl. The standard InChI is InChI=1S/C23H20ClN3O2/c24-22-21(25)12-15(13-27-22)6-5-11-26-23(28)29-14-20-18-9-3-1-7-16(18)17-8-2-4-10-19(17)20/h1-10,12-13,20H,11,14,25H2,(H,26,28). The fraction of sp³-hybridized carbons (Fsp3) is 0.130. The molecule has 0 bridgehead atoms. The van der Waals surface area contributed by atoms with E-state index < -0.39 is 6.09 Å². The predicted molar refractivity (Wildman–Crippen MR) is 116 cm³/mol. The second kappa shape index (κ2) is 8.37. The van der Waals surface area contributed by atoms with Crippen LogP contribution in [0.1, 0.15) is 22.6 Å². The van der Waals surface area contributed by atoms with Crippen LogP contribution in [-0.2, 0) is 4.74 Å². The third-order valence-electron chi connectivity index (χ3n) is 4.91. The van der Waals surface area contributed by atoms with E-state index in [4.69, 9.17) is 22.1 Å². The van der Waals surface area contributed by atoms with Crippen molar-refractivity contribution in [3.8, 4) is 11.1 Å². The molecule has 3 aromatic rings. The van der Waals surface area contributed by atoms with Gasteiger partial charge in [0.05, 0.1) is 5.69 Å². The molecule has 0 atom stereocenters. The normalized spacial score (nSPS) is 12.6. The van der Waals surface area contributed by atoms with Crippen molar-refractivity contribution in [3.63, 3.8) is 0 Å². The van der Waals surface area contributed by atoms with Crippen molar-refractivity contribution >= 4 is 29.5 Å². The van der Waals surface area contributed by atoms with E-state index in [0.717, 1.165) is 5.56 Å². The molecule has 4 rings (SSSR count). The van der Waals surface area contributed by atoms with Crippen LogP contribution in [0.4, 0.5) is 10.5 Å². The fourth-order valence-electron chi connectivity index (χ4n) is 3.56. The summed E-state index contributed by atoms with van der Waals surface area (Å²) in [6.45, 7) is 0.625.